The molecule has 1 aromatic rings. The number of aliphatic hydroxyl groups is 2. The van der Waals surface area contributed by atoms with Gasteiger partial charge in [0.15, 0.2) is 0 Å². The van der Waals surface area contributed by atoms with Gasteiger partial charge >= 0.3 is 6.09 Å². The highest BCUT2D eigenvalue weighted by Crippen LogP contribution is 2.19. The van der Waals surface area contributed by atoms with E-state index in [1.807, 2.05) is 0 Å². The van der Waals surface area contributed by atoms with Crippen LogP contribution in [0.3, 0.4) is 0 Å². The third-order valence-electron chi connectivity index (χ3n) is 2.49. The molecule has 0 bridgehead atoms. The molecular weight excluding hydrogens is 282 g/mol. The second-order valence-electron chi connectivity index (χ2n) is 5.43. The van der Waals surface area contributed by atoms with Crippen LogP contribution in [0.5, 0.6) is 0 Å². The summed E-state index contributed by atoms with van der Waals surface area (Å²) in [4.78, 5) is 11.6. The number of amides is 1. The predicted molar refractivity (Wildman–Crippen MR) is 76.7 cm³/mol. The molecule has 0 spiro atoms. The van der Waals surface area contributed by atoms with Crippen LogP contribution >= 0.6 is 11.6 Å². The van der Waals surface area contributed by atoms with Gasteiger partial charge in [-0.3, -0.25) is 0 Å². The molecule has 112 valence electrons. The number of carbonyl (C=O) groups excluding carboxylic acids is 1. The molecule has 0 aliphatic carbocycles. The van der Waals surface area contributed by atoms with E-state index in [0.717, 1.165) is 0 Å². The van der Waals surface area contributed by atoms with Gasteiger partial charge in [0.25, 0.3) is 0 Å². The van der Waals surface area contributed by atoms with E-state index in [1.54, 1.807) is 45.0 Å². The molecule has 0 saturated heterocycles. The molecule has 5 nitrogen and oxygen atoms in total. The SMILES string of the molecule is CC(C)(C)OC(=O)NC(CO)C(O)c1ccc(Cl)cc1. The minimum absolute atomic E-state index is 0.414. The topological polar surface area (TPSA) is 78.8 Å². The normalized spacial score (nSPS) is 14.5. The fraction of sp³-hybridized carbons (Fsp3) is 0.500. The van der Waals surface area contributed by atoms with Crippen LogP contribution in [0.4, 0.5) is 4.79 Å². The Hall–Kier alpha value is -1.30. The van der Waals surface area contributed by atoms with Gasteiger partial charge in [-0.15, -0.1) is 0 Å². The predicted octanol–water partition coefficient (Wildman–Crippen LogP) is 2.26. The molecule has 1 amide bonds. The van der Waals surface area contributed by atoms with Crippen LogP contribution < -0.4 is 5.32 Å². The first-order chi connectivity index (χ1) is 9.23. The highest BCUT2D eigenvalue weighted by molar-refractivity contribution is 6.30. The molecule has 1 aromatic carbocycles. The number of carbonyl (C=O) groups is 1. The summed E-state index contributed by atoms with van der Waals surface area (Å²) in [5.74, 6) is 0. The van der Waals surface area contributed by atoms with Crippen molar-refractivity contribution in [1.82, 2.24) is 5.32 Å². The van der Waals surface area contributed by atoms with E-state index >= 15 is 0 Å². The number of hydrogen-bond donors (Lipinski definition) is 3. The fourth-order valence-corrected chi connectivity index (χ4v) is 1.70. The molecule has 0 fully saturated rings. The molecule has 2 unspecified atom stereocenters. The van der Waals surface area contributed by atoms with E-state index in [-0.39, 0.29) is 0 Å². The average Bonchev–Trinajstić information content (AvgIpc) is 2.34. The summed E-state index contributed by atoms with van der Waals surface area (Å²) in [5.41, 5.74) is -0.0977. The molecule has 20 heavy (non-hydrogen) atoms. The summed E-state index contributed by atoms with van der Waals surface area (Å²) in [6.07, 6.45) is -1.74. The van der Waals surface area contributed by atoms with Gasteiger partial charge in [-0.25, -0.2) is 4.79 Å². The van der Waals surface area contributed by atoms with Crippen molar-refractivity contribution in [2.45, 2.75) is 38.5 Å². The molecule has 1 rings (SSSR count). The first-order valence-corrected chi connectivity index (χ1v) is 6.64. The molecular formula is C14H20ClNO4. The highest BCUT2D eigenvalue weighted by atomic mass is 35.5. The van der Waals surface area contributed by atoms with Crippen molar-refractivity contribution in [2.24, 2.45) is 0 Å². The van der Waals surface area contributed by atoms with Crippen LogP contribution in [0.1, 0.15) is 32.4 Å². The van der Waals surface area contributed by atoms with Crippen LogP contribution in [-0.2, 0) is 4.74 Å². The zero-order valence-electron chi connectivity index (χ0n) is 11.8. The monoisotopic (exact) mass is 301 g/mol. The number of nitrogens with one attached hydrogen (secondary N) is 1. The largest absolute Gasteiger partial charge is 0.444 e. The van der Waals surface area contributed by atoms with E-state index in [9.17, 15) is 15.0 Å². The number of hydrogen-bond acceptors (Lipinski definition) is 4. The first kappa shape index (κ1) is 16.8. The number of alkyl carbamates (subject to hydrolysis) is 1. The third kappa shape index (κ3) is 5.36. The number of aliphatic hydroxyl groups excluding tert-OH is 2. The lowest BCUT2D eigenvalue weighted by Crippen LogP contribution is -2.44. The van der Waals surface area contributed by atoms with Gasteiger partial charge in [0.1, 0.15) is 11.7 Å². The Morgan fingerprint density at radius 3 is 2.35 bits per heavy atom. The summed E-state index contributed by atoms with van der Waals surface area (Å²) in [7, 11) is 0. The number of rotatable bonds is 4. The Morgan fingerprint density at radius 1 is 1.35 bits per heavy atom. The Bertz CT molecular complexity index is 441. The molecule has 2 atom stereocenters. The smallest absolute Gasteiger partial charge is 0.408 e. The Morgan fingerprint density at radius 2 is 1.90 bits per heavy atom. The van der Waals surface area contributed by atoms with Gasteiger partial charge in [-0.1, -0.05) is 23.7 Å². The van der Waals surface area contributed by atoms with E-state index < -0.39 is 30.4 Å². The first-order valence-electron chi connectivity index (χ1n) is 6.27. The lowest BCUT2D eigenvalue weighted by molar-refractivity contribution is 0.0350. The van der Waals surface area contributed by atoms with Crippen LogP contribution in [0.2, 0.25) is 5.02 Å². The van der Waals surface area contributed by atoms with Crippen molar-refractivity contribution >= 4 is 17.7 Å². The number of benzene rings is 1. The van der Waals surface area contributed by atoms with Crippen LogP contribution in [-0.4, -0.2) is 34.6 Å². The average molecular weight is 302 g/mol. The molecule has 0 aromatic heterocycles. The fourth-order valence-electron chi connectivity index (χ4n) is 1.58. The quantitative estimate of drug-likeness (QED) is 0.797. The van der Waals surface area contributed by atoms with Gasteiger partial charge in [0.05, 0.1) is 12.6 Å². The Kier molecular flexibility index (Phi) is 5.80. The standard InChI is InChI=1S/C14H20ClNO4/c1-14(2,3)20-13(19)16-11(8-17)12(18)9-4-6-10(15)7-5-9/h4-7,11-12,17-18H,8H2,1-3H3,(H,16,19). The molecule has 3 N–H and O–H groups in total. The van der Waals surface area contributed by atoms with Crippen LogP contribution in [0.25, 0.3) is 0 Å². The minimum atomic E-state index is -1.05. The molecule has 0 radical (unpaired) electrons. The minimum Gasteiger partial charge on any atom is -0.444 e. The van der Waals surface area contributed by atoms with Crippen molar-refractivity contribution < 1.29 is 19.7 Å². The molecule has 0 aliphatic rings. The maximum Gasteiger partial charge on any atom is 0.408 e. The van der Waals surface area contributed by atoms with Crippen molar-refractivity contribution in [3.05, 3.63) is 34.9 Å². The molecule has 0 heterocycles. The maximum atomic E-state index is 11.6. The highest BCUT2D eigenvalue weighted by Gasteiger charge is 2.25. The van der Waals surface area contributed by atoms with Gasteiger partial charge in [-0.2, -0.15) is 0 Å². The van der Waals surface area contributed by atoms with Crippen molar-refractivity contribution in [2.75, 3.05) is 6.61 Å². The summed E-state index contributed by atoms with van der Waals surface area (Å²) in [6.45, 7) is 4.78. The lowest BCUT2D eigenvalue weighted by atomic mass is 10.0. The van der Waals surface area contributed by atoms with Crippen LogP contribution in [0, 0.1) is 0 Å². The van der Waals surface area contributed by atoms with Gasteiger partial charge < -0.3 is 20.3 Å². The summed E-state index contributed by atoms with van der Waals surface area (Å²) >= 11 is 5.77. The Balaban J connectivity index is 2.70. The zero-order chi connectivity index (χ0) is 15.3. The number of ether oxygens (including phenoxy) is 1. The third-order valence-corrected chi connectivity index (χ3v) is 2.74. The van der Waals surface area contributed by atoms with E-state index in [2.05, 4.69) is 5.32 Å². The zero-order valence-corrected chi connectivity index (χ0v) is 12.5. The second-order valence-corrected chi connectivity index (χ2v) is 5.87. The van der Waals surface area contributed by atoms with Gasteiger partial charge in [0.2, 0.25) is 0 Å². The van der Waals surface area contributed by atoms with Crippen molar-refractivity contribution in [1.29, 1.82) is 0 Å². The van der Waals surface area contributed by atoms with Gasteiger partial charge in [-0.05, 0) is 38.5 Å². The van der Waals surface area contributed by atoms with E-state index in [1.165, 1.54) is 0 Å². The summed E-state index contributed by atoms with van der Waals surface area (Å²) in [5, 5.41) is 22.4. The molecule has 0 aliphatic heterocycles. The Labute approximate surface area is 123 Å². The van der Waals surface area contributed by atoms with E-state index in [0.29, 0.717) is 10.6 Å². The van der Waals surface area contributed by atoms with Crippen LogP contribution in [0.15, 0.2) is 24.3 Å². The second kappa shape index (κ2) is 6.92. The molecule has 6 heteroatoms. The summed E-state index contributed by atoms with van der Waals surface area (Å²) < 4.78 is 5.08. The summed E-state index contributed by atoms with van der Waals surface area (Å²) in [6, 6.07) is 5.66. The lowest BCUT2D eigenvalue weighted by Gasteiger charge is -2.25. The van der Waals surface area contributed by atoms with Crippen molar-refractivity contribution in [3.8, 4) is 0 Å². The van der Waals surface area contributed by atoms with E-state index in [4.69, 9.17) is 16.3 Å². The van der Waals surface area contributed by atoms with Gasteiger partial charge in [0, 0.05) is 5.02 Å². The maximum absolute atomic E-state index is 11.6. The van der Waals surface area contributed by atoms with Crippen molar-refractivity contribution in [3.63, 3.8) is 0 Å². The molecule has 0 saturated carbocycles. The number of halogens is 1.